The van der Waals surface area contributed by atoms with E-state index in [1.54, 1.807) is 6.20 Å². The lowest BCUT2D eigenvalue weighted by Gasteiger charge is -2.32. The van der Waals surface area contributed by atoms with Crippen LogP contribution in [-0.4, -0.2) is 56.0 Å². The lowest BCUT2D eigenvalue weighted by Crippen LogP contribution is -2.36. The lowest BCUT2D eigenvalue weighted by molar-refractivity contribution is 0.213. The summed E-state index contributed by atoms with van der Waals surface area (Å²) in [4.78, 5) is 4.82. The summed E-state index contributed by atoms with van der Waals surface area (Å²) in [6.07, 6.45) is 8.00. The predicted octanol–water partition coefficient (Wildman–Crippen LogP) is 1.97. The van der Waals surface area contributed by atoms with Crippen LogP contribution in [0.25, 0.3) is 0 Å². The molecule has 0 aliphatic carbocycles. The molecule has 0 amide bonds. The van der Waals surface area contributed by atoms with Crippen LogP contribution in [0.4, 0.5) is 5.82 Å². The molecule has 2 aromatic heterocycles. The SMILES string of the molecule is Cn1c(CN2CCCCC2)nnc1C1CCCN(c2cccnn2)C1. The highest BCUT2D eigenvalue weighted by molar-refractivity contribution is 5.37. The molecule has 2 aliphatic rings. The topological polar surface area (TPSA) is 63.0 Å². The van der Waals surface area contributed by atoms with E-state index in [-0.39, 0.29) is 0 Å². The summed E-state index contributed by atoms with van der Waals surface area (Å²) in [7, 11) is 2.12. The van der Waals surface area contributed by atoms with Crippen molar-refractivity contribution < 1.29 is 0 Å². The van der Waals surface area contributed by atoms with E-state index >= 15 is 0 Å². The molecule has 0 saturated carbocycles. The smallest absolute Gasteiger partial charge is 0.151 e. The predicted molar refractivity (Wildman–Crippen MR) is 96.4 cm³/mol. The van der Waals surface area contributed by atoms with Crippen LogP contribution < -0.4 is 4.90 Å². The number of nitrogens with zero attached hydrogens (tertiary/aromatic N) is 7. The molecule has 25 heavy (non-hydrogen) atoms. The highest BCUT2D eigenvalue weighted by Gasteiger charge is 2.27. The Morgan fingerprint density at radius 1 is 1.04 bits per heavy atom. The Hall–Kier alpha value is -2.02. The molecule has 7 nitrogen and oxygen atoms in total. The zero-order valence-corrected chi connectivity index (χ0v) is 15.0. The molecule has 2 aliphatic heterocycles. The van der Waals surface area contributed by atoms with Crippen LogP contribution >= 0.6 is 0 Å². The van der Waals surface area contributed by atoms with E-state index in [1.165, 1.54) is 32.4 Å². The van der Waals surface area contributed by atoms with Crippen molar-refractivity contribution in [2.45, 2.75) is 44.6 Å². The van der Waals surface area contributed by atoms with Crippen LogP contribution in [0.3, 0.4) is 0 Å². The summed E-state index contributed by atoms with van der Waals surface area (Å²) in [5.74, 6) is 3.57. The maximum Gasteiger partial charge on any atom is 0.151 e. The van der Waals surface area contributed by atoms with Crippen LogP contribution in [-0.2, 0) is 13.6 Å². The number of aromatic nitrogens is 5. The summed E-state index contributed by atoms with van der Waals surface area (Å²) < 4.78 is 2.22. The molecular formula is C18H27N7. The molecule has 4 rings (SSSR count). The van der Waals surface area contributed by atoms with Crippen LogP contribution in [0.5, 0.6) is 0 Å². The van der Waals surface area contributed by atoms with E-state index in [0.717, 1.165) is 49.9 Å². The third-order valence-electron chi connectivity index (χ3n) is 5.48. The van der Waals surface area contributed by atoms with Gasteiger partial charge in [-0.15, -0.1) is 15.3 Å². The second-order valence-corrected chi connectivity index (χ2v) is 7.24. The van der Waals surface area contributed by atoms with Crippen LogP contribution in [0.15, 0.2) is 18.3 Å². The minimum absolute atomic E-state index is 0.406. The number of anilines is 1. The molecule has 7 heteroatoms. The lowest BCUT2D eigenvalue weighted by atomic mass is 9.97. The molecule has 1 atom stereocenters. The van der Waals surface area contributed by atoms with Gasteiger partial charge in [0.1, 0.15) is 11.6 Å². The van der Waals surface area contributed by atoms with Crippen molar-refractivity contribution in [2.24, 2.45) is 7.05 Å². The van der Waals surface area contributed by atoms with E-state index in [0.29, 0.717) is 5.92 Å². The normalized spacial score (nSPS) is 22.3. The van der Waals surface area contributed by atoms with Gasteiger partial charge in [-0.2, -0.15) is 5.10 Å². The number of hydrogen-bond donors (Lipinski definition) is 0. The van der Waals surface area contributed by atoms with Gasteiger partial charge in [0.2, 0.25) is 0 Å². The van der Waals surface area contributed by atoms with Crippen LogP contribution in [0, 0.1) is 0 Å². The van der Waals surface area contributed by atoms with Crippen LogP contribution in [0.2, 0.25) is 0 Å². The van der Waals surface area contributed by atoms with Crippen LogP contribution in [0.1, 0.15) is 49.7 Å². The number of hydrogen-bond acceptors (Lipinski definition) is 6. The summed E-state index contributed by atoms with van der Waals surface area (Å²) in [6, 6.07) is 3.98. The first-order valence-corrected chi connectivity index (χ1v) is 9.44. The van der Waals surface area contributed by atoms with Gasteiger partial charge in [0.25, 0.3) is 0 Å². The van der Waals surface area contributed by atoms with Gasteiger partial charge in [0.15, 0.2) is 5.82 Å². The number of rotatable bonds is 4. The van der Waals surface area contributed by atoms with Crippen molar-refractivity contribution in [3.8, 4) is 0 Å². The third kappa shape index (κ3) is 3.66. The number of likely N-dealkylation sites (tertiary alicyclic amines) is 1. The van der Waals surface area contributed by atoms with Gasteiger partial charge >= 0.3 is 0 Å². The van der Waals surface area contributed by atoms with Gasteiger partial charge in [0, 0.05) is 32.3 Å². The summed E-state index contributed by atoms with van der Waals surface area (Å²) in [5, 5.41) is 17.3. The van der Waals surface area contributed by atoms with Gasteiger partial charge in [0.05, 0.1) is 6.54 Å². The van der Waals surface area contributed by atoms with E-state index in [4.69, 9.17) is 0 Å². The van der Waals surface area contributed by atoms with Crippen molar-refractivity contribution in [3.63, 3.8) is 0 Å². The Morgan fingerprint density at radius 3 is 2.72 bits per heavy atom. The molecule has 2 saturated heterocycles. The molecule has 1 unspecified atom stereocenters. The van der Waals surface area contributed by atoms with Gasteiger partial charge in [-0.25, -0.2) is 0 Å². The molecule has 0 bridgehead atoms. The Labute approximate surface area is 149 Å². The molecule has 2 fully saturated rings. The first-order chi connectivity index (χ1) is 12.3. The summed E-state index contributed by atoms with van der Waals surface area (Å²) in [5.41, 5.74) is 0. The van der Waals surface area contributed by atoms with Crippen molar-refractivity contribution in [3.05, 3.63) is 30.0 Å². The minimum atomic E-state index is 0.406. The number of piperidine rings is 2. The van der Waals surface area contributed by atoms with Gasteiger partial charge in [-0.1, -0.05) is 6.42 Å². The maximum absolute atomic E-state index is 4.56. The Balaban J connectivity index is 1.46. The Morgan fingerprint density at radius 2 is 1.92 bits per heavy atom. The second-order valence-electron chi connectivity index (χ2n) is 7.24. The highest BCUT2D eigenvalue weighted by atomic mass is 15.3. The Kier molecular flexibility index (Phi) is 4.92. The molecule has 134 valence electrons. The maximum atomic E-state index is 4.56. The molecular weight excluding hydrogens is 314 g/mol. The quantitative estimate of drug-likeness (QED) is 0.847. The molecule has 0 radical (unpaired) electrons. The van der Waals surface area contributed by atoms with Gasteiger partial charge in [-0.05, 0) is 50.9 Å². The van der Waals surface area contributed by atoms with E-state index in [2.05, 4.69) is 41.8 Å². The molecule has 0 aromatic carbocycles. The van der Waals surface area contributed by atoms with E-state index < -0.39 is 0 Å². The fourth-order valence-electron chi connectivity index (χ4n) is 4.04. The van der Waals surface area contributed by atoms with Gasteiger partial charge in [-0.3, -0.25) is 4.90 Å². The average molecular weight is 341 g/mol. The monoisotopic (exact) mass is 341 g/mol. The standard InChI is InChI=1S/C18H27N7/c1-23-17(14-24-10-3-2-4-11-24)21-22-18(23)15-7-6-12-25(13-15)16-8-5-9-19-20-16/h5,8-9,15H,2-4,6-7,10-14H2,1H3. The molecule has 4 heterocycles. The summed E-state index contributed by atoms with van der Waals surface area (Å²) >= 11 is 0. The fourth-order valence-corrected chi connectivity index (χ4v) is 4.04. The van der Waals surface area contributed by atoms with Crippen molar-refractivity contribution in [1.29, 1.82) is 0 Å². The third-order valence-corrected chi connectivity index (χ3v) is 5.48. The zero-order valence-electron chi connectivity index (χ0n) is 15.0. The molecule has 2 aromatic rings. The first kappa shape index (κ1) is 16.4. The molecule has 0 N–H and O–H groups in total. The molecule has 0 spiro atoms. The first-order valence-electron chi connectivity index (χ1n) is 9.44. The fraction of sp³-hybridized carbons (Fsp3) is 0.667. The minimum Gasteiger partial charge on any atom is -0.354 e. The second kappa shape index (κ2) is 7.47. The largest absolute Gasteiger partial charge is 0.354 e. The Bertz CT molecular complexity index is 678. The van der Waals surface area contributed by atoms with E-state index in [9.17, 15) is 0 Å². The van der Waals surface area contributed by atoms with Crippen molar-refractivity contribution >= 4 is 5.82 Å². The van der Waals surface area contributed by atoms with E-state index in [1.807, 2.05) is 12.1 Å². The average Bonchev–Trinajstić information content (AvgIpc) is 3.04. The highest BCUT2D eigenvalue weighted by Crippen LogP contribution is 2.28. The van der Waals surface area contributed by atoms with Crippen molar-refractivity contribution in [2.75, 3.05) is 31.1 Å². The van der Waals surface area contributed by atoms with Crippen molar-refractivity contribution in [1.82, 2.24) is 29.9 Å². The van der Waals surface area contributed by atoms with Gasteiger partial charge < -0.3 is 9.47 Å². The zero-order chi connectivity index (χ0) is 17.1. The summed E-state index contributed by atoms with van der Waals surface area (Å²) in [6.45, 7) is 5.27.